The summed E-state index contributed by atoms with van der Waals surface area (Å²) in [6, 6.07) is 0.851. The monoisotopic (exact) mass is 265 g/mol. The van der Waals surface area contributed by atoms with Crippen molar-refractivity contribution < 1.29 is 9.47 Å². The van der Waals surface area contributed by atoms with E-state index in [-0.39, 0.29) is 6.10 Å². The van der Waals surface area contributed by atoms with Gasteiger partial charge in [-0.15, -0.1) is 0 Å². The molecule has 1 N–H and O–H groups in total. The number of aromatic nitrogens is 2. The average Bonchev–Trinajstić information content (AvgIpc) is 2.87. The number of hydrogen-bond donors (Lipinski definition) is 1. The van der Waals surface area contributed by atoms with E-state index in [4.69, 9.17) is 9.47 Å². The van der Waals surface area contributed by atoms with Gasteiger partial charge in [-0.3, -0.25) is 4.68 Å². The van der Waals surface area contributed by atoms with Gasteiger partial charge < -0.3 is 14.8 Å². The molecule has 0 aliphatic carbocycles. The van der Waals surface area contributed by atoms with E-state index in [2.05, 4.69) is 16.6 Å². The van der Waals surface area contributed by atoms with Crippen LogP contribution in [0.3, 0.4) is 0 Å². The van der Waals surface area contributed by atoms with Crippen molar-refractivity contribution in [1.82, 2.24) is 15.1 Å². The van der Waals surface area contributed by atoms with Gasteiger partial charge >= 0.3 is 0 Å². The smallest absolute Gasteiger partial charge is 0.101 e. The van der Waals surface area contributed by atoms with Crippen LogP contribution in [-0.4, -0.2) is 41.7 Å². The third-order valence-electron chi connectivity index (χ3n) is 3.99. The second kappa shape index (κ2) is 6.03. The Kier molecular flexibility index (Phi) is 4.15. The fourth-order valence-electron chi connectivity index (χ4n) is 3.04. The highest BCUT2D eigenvalue weighted by Crippen LogP contribution is 2.28. The Labute approximate surface area is 114 Å². The van der Waals surface area contributed by atoms with Crippen molar-refractivity contribution in [2.75, 3.05) is 19.8 Å². The molecule has 3 rings (SSSR count). The minimum Gasteiger partial charge on any atom is -0.380 e. The lowest BCUT2D eigenvalue weighted by Gasteiger charge is -2.36. The normalized spacial score (nSPS) is 32.4. The first-order chi connectivity index (χ1) is 9.33. The summed E-state index contributed by atoms with van der Waals surface area (Å²) in [5.74, 6) is 0. The first kappa shape index (κ1) is 13.1. The van der Waals surface area contributed by atoms with E-state index < -0.39 is 0 Å². The highest BCUT2D eigenvalue weighted by molar-refractivity contribution is 5.12. The lowest BCUT2D eigenvalue weighted by molar-refractivity contribution is -0.0228. The van der Waals surface area contributed by atoms with Crippen molar-refractivity contribution >= 4 is 0 Å². The number of nitrogens with zero attached hydrogens (tertiary/aromatic N) is 2. The van der Waals surface area contributed by atoms with Gasteiger partial charge in [-0.25, -0.2) is 0 Å². The van der Waals surface area contributed by atoms with E-state index in [1.165, 1.54) is 12.0 Å². The second-order valence-electron chi connectivity index (χ2n) is 5.57. The molecule has 0 saturated carbocycles. The Morgan fingerprint density at radius 3 is 2.95 bits per heavy atom. The van der Waals surface area contributed by atoms with Gasteiger partial charge in [-0.2, -0.15) is 5.10 Å². The van der Waals surface area contributed by atoms with E-state index in [0.717, 1.165) is 39.1 Å². The minimum absolute atomic E-state index is 0.129. The highest BCUT2D eigenvalue weighted by atomic mass is 16.5. The van der Waals surface area contributed by atoms with Gasteiger partial charge in [-0.05, 0) is 25.7 Å². The zero-order valence-corrected chi connectivity index (χ0v) is 11.5. The van der Waals surface area contributed by atoms with E-state index >= 15 is 0 Å². The summed E-state index contributed by atoms with van der Waals surface area (Å²) < 4.78 is 13.4. The second-order valence-corrected chi connectivity index (χ2v) is 5.57. The molecule has 2 aliphatic heterocycles. The highest BCUT2D eigenvalue weighted by Gasteiger charge is 2.30. The zero-order chi connectivity index (χ0) is 13.1. The van der Waals surface area contributed by atoms with E-state index in [1.807, 2.05) is 17.9 Å². The zero-order valence-electron chi connectivity index (χ0n) is 11.5. The Hall–Kier alpha value is -0.910. The van der Waals surface area contributed by atoms with Crippen LogP contribution in [0.1, 0.15) is 37.4 Å². The molecule has 0 unspecified atom stereocenters. The van der Waals surface area contributed by atoms with Crippen molar-refractivity contribution in [3.8, 4) is 0 Å². The molecule has 0 bridgehead atoms. The molecule has 0 spiro atoms. The summed E-state index contributed by atoms with van der Waals surface area (Å²) in [6.45, 7) is 2.58. The Morgan fingerprint density at radius 2 is 2.21 bits per heavy atom. The number of aryl methyl sites for hydroxylation is 1. The fourth-order valence-corrected chi connectivity index (χ4v) is 3.04. The topological polar surface area (TPSA) is 48.3 Å². The molecule has 0 aromatic carbocycles. The molecule has 0 radical (unpaired) electrons. The Balaban J connectivity index is 1.66. The van der Waals surface area contributed by atoms with Gasteiger partial charge in [0.05, 0.1) is 12.8 Å². The molecule has 0 amide bonds. The summed E-state index contributed by atoms with van der Waals surface area (Å²) in [6.07, 6.45) is 8.76. The average molecular weight is 265 g/mol. The summed E-state index contributed by atoms with van der Waals surface area (Å²) >= 11 is 0. The fraction of sp³-hybridized carbons (Fsp3) is 0.786. The summed E-state index contributed by atoms with van der Waals surface area (Å²) in [4.78, 5) is 0. The lowest BCUT2D eigenvalue weighted by atomic mass is 9.96. The summed E-state index contributed by atoms with van der Waals surface area (Å²) in [5, 5.41) is 7.99. The van der Waals surface area contributed by atoms with Gasteiger partial charge in [-0.1, -0.05) is 0 Å². The van der Waals surface area contributed by atoms with Crippen molar-refractivity contribution in [2.45, 2.75) is 43.9 Å². The Bertz CT molecular complexity index is 401. The quantitative estimate of drug-likeness (QED) is 0.897. The van der Waals surface area contributed by atoms with E-state index in [9.17, 15) is 0 Å². The van der Waals surface area contributed by atoms with Crippen LogP contribution in [-0.2, 0) is 16.5 Å². The maximum absolute atomic E-state index is 5.97. The SMILES string of the molecule is Cn1cc([C@H]2OCCC[C@@H]2N[C@H]2CCCOC2)cn1. The van der Waals surface area contributed by atoms with Crippen LogP contribution >= 0.6 is 0 Å². The maximum atomic E-state index is 5.97. The molecule has 106 valence electrons. The molecular weight excluding hydrogens is 242 g/mol. The summed E-state index contributed by atoms with van der Waals surface area (Å²) in [7, 11) is 1.95. The minimum atomic E-state index is 0.129. The van der Waals surface area contributed by atoms with Crippen molar-refractivity contribution in [3.05, 3.63) is 18.0 Å². The predicted octanol–water partition coefficient (Wildman–Crippen LogP) is 1.41. The standard InChI is InChI=1S/C14H23N3O2/c1-17-9-11(8-15-17)14-13(5-3-7-19-14)16-12-4-2-6-18-10-12/h8-9,12-14,16H,2-7,10H2,1H3/t12-,13-,14+/m0/s1. The van der Waals surface area contributed by atoms with E-state index in [0.29, 0.717) is 12.1 Å². The molecule has 1 aromatic heterocycles. The molecule has 2 fully saturated rings. The number of hydrogen-bond acceptors (Lipinski definition) is 4. The van der Waals surface area contributed by atoms with Crippen LogP contribution in [0.25, 0.3) is 0 Å². The molecule has 3 atom stereocenters. The molecule has 1 aromatic rings. The molecule has 3 heterocycles. The maximum Gasteiger partial charge on any atom is 0.101 e. The lowest BCUT2D eigenvalue weighted by Crippen LogP contribution is -2.47. The molecular formula is C14H23N3O2. The third kappa shape index (κ3) is 3.16. The van der Waals surface area contributed by atoms with Gasteiger partial charge in [0.25, 0.3) is 0 Å². The number of nitrogens with one attached hydrogen (secondary N) is 1. The Morgan fingerprint density at radius 1 is 1.32 bits per heavy atom. The van der Waals surface area contributed by atoms with Crippen molar-refractivity contribution in [1.29, 1.82) is 0 Å². The van der Waals surface area contributed by atoms with Crippen LogP contribution in [0.15, 0.2) is 12.4 Å². The number of rotatable bonds is 3. The van der Waals surface area contributed by atoms with Crippen LogP contribution in [0.2, 0.25) is 0 Å². The molecule has 19 heavy (non-hydrogen) atoms. The van der Waals surface area contributed by atoms with Crippen LogP contribution < -0.4 is 5.32 Å². The first-order valence-corrected chi connectivity index (χ1v) is 7.27. The molecule has 5 nitrogen and oxygen atoms in total. The predicted molar refractivity (Wildman–Crippen MR) is 71.9 cm³/mol. The number of ether oxygens (including phenoxy) is 2. The van der Waals surface area contributed by atoms with Crippen LogP contribution in [0, 0.1) is 0 Å². The van der Waals surface area contributed by atoms with Crippen molar-refractivity contribution in [2.24, 2.45) is 7.05 Å². The third-order valence-corrected chi connectivity index (χ3v) is 3.99. The van der Waals surface area contributed by atoms with E-state index in [1.54, 1.807) is 0 Å². The van der Waals surface area contributed by atoms with Gasteiger partial charge in [0.1, 0.15) is 6.10 Å². The summed E-state index contributed by atoms with van der Waals surface area (Å²) in [5.41, 5.74) is 1.18. The van der Waals surface area contributed by atoms with Gasteiger partial charge in [0.15, 0.2) is 0 Å². The van der Waals surface area contributed by atoms with Crippen LogP contribution in [0.4, 0.5) is 0 Å². The van der Waals surface area contributed by atoms with Gasteiger partial charge in [0, 0.05) is 44.1 Å². The molecule has 5 heteroatoms. The first-order valence-electron chi connectivity index (χ1n) is 7.27. The molecule has 2 saturated heterocycles. The van der Waals surface area contributed by atoms with Gasteiger partial charge in [0.2, 0.25) is 0 Å². The largest absolute Gasteiger partial charge is 0.380 e. The van der Waals surface area contributed by atoms with Crippen molar-refractivity contribution in [3.63, 3.8) is 0 Å². The molecule has 2 aliphatic rings. The van der Waals surface area contributed by atoms with Crippen LogP contribution in [0.5, 0.6) is 0 Å².